The number of aryl methyl sites for hydroxylation is 1. The molecular formula is C15H15BrN2O2. The van der Waals surface area contributed by atoms with Crippen LogP contribution in [0.3, 0.4) is 0 Å². The Morgan fingerprint density at radius 2 is 2.00 bits per heavy atom. The molecule has 0 bridgehead atoms. The van der Waals surface area contributed by atoms with Crippen LogP contribution in [0.1, 0.15) is 15.9 Å². The molecule has 0 aliphatic heterocycles. The van der Waals surface area contributed by atoms with Crippen molar-refractivity contribution in [3.05, 3.63) is 52.0 Å². The zero-order chi connectivity index (χ0) is 14.7. The first-order chi connectivity index (χ1) is 9.52. The summed E-state index contributed by atoms with van der Waals surface area (Å²) in [6, 6.07) is 11.0. The molecule has 0 unspecified atom stereocenters. The number of hydrogen-bond donors (Lipinski definition) is 2. The Kier molecular flexibility index (Phi) is 4.29. The van der Waals surface area contributed by atoms with E-state index in [1.54, 1.807) is 18.2 Å². The maximum absolute atomic E-state index is 11.8. The van der Waals surface area contributed by atoms with Crippen LogP contribution in [0.4, 0.5) is 17.1 Å². The highest BCUT2D eigenvalue weighted by Crippen LogP contribution is 2.30. The second-order valence-corrected chi connectivity index (χ2v) is 5.15. The zero-order valence-corrected chi connectivity index (χ0v) is 12.8. The molecule has 0 saturated carbocycles. The van der Waals surface area contributed by atoms with Crippen molar-refractivity contribution in [1.29, 1.82) is 0 Å². The van der Waals surface area contributed by atoms with Gasteiger partial charge in [-0.1, -0.05) is 12.1 Å². The predicted octanol–water partition coefficient (Wildman–Crippen LogP) is 3.87. The van der Waals surface area contributed by atoms with E-state index in [1.807, 2.05) is 25.1 Å². The van der Waals surface area contributed by atoms with Gasteiger partial charge in [0.2, 0.25) is 0 Å². The van der Waals surface area contributed by atoms with E-state index in [9.17, 15) is 4.79 Å². The van der Waals surface area contributed by atoms with Crippen LogP contribution in [-0.4, -0.2) is 13.1 Å². The number of rotatable bonds is 3. The van der Waals surface area contributed by atoms with Crippen LogP contribution in [0.25, 0.3) is 0 Å². The van der Waals surface area contributed by atoms with Gasteiger partial charge in [-0.25, -0.2) is 4.79 Å². The highest BCUT2D eigenvalue weighted by molar-refractivity contribution is 9.10. The Hall–Kier alpha value is -2.01. The number of anilines is 3. The standard InChI is InChI=1S/C15H15BrN2O2/c1-9-4-3-5-13(14(9)16)18-12-7-6-10(17)8-11(12)15(19)20-2/h3-8,18H,17H2,1-2H3. The van der Waals surface area contributed by atoms with Crippen LogP contribution in [-0.2, 0) is 4.74 Å². The van der Waals surface area contributed by atoms with Gasteiger partial charge in [0.15, 0.2) is 0 Å². The molecule has 0 atom stereocenters. The molecule has 3 N–H and O–H groups in total. The van der Waals surface area contributed by atoms with Gasteiger partial charge in [0, 0.05) is 10.2 Å². The van der Waals surface area contributed by atoms with E-state index in [1.165, 1.54) is 7.11 Å². The highest BCUT2D eigenvalue weighted by atomic mass is 79.9. The minimum Gasteiger partial charge on any atom is -0.465 e. The first kappa shape index (κ1) is 14.4. The van der Waals surface area contributed by atoms with Gasteiger partial charge in [0.1, 0.15) is 0 Å². The first-order valence-corrected chi connectivity index (χ1v) is 6.82. The summed E-state index contributed by atoms with van der Waals surface area (Å²) in [6.07, 6.45) is 0. The fourth-order valence-electron chi connectivity index (χ4n) is 1.84. The summed E-state index contributed by atoms with van der Waals surface area (Å²) in [7, 11) is 1.35. The Bertz CT molecular complexity index is 656. The van der Waals surface area contributed by atoms with Gasteiger partial charge < -0.3 is 15.8 Å². The molecule has 4 nitrogen and oxygen atoms in total. The molecular weight excluding hydrogens is 320 g/mol. The largest absolute Gasteiger partial charge is 0.465 e. The number of nitrogen functional groups attached to an aromatic ring is 1. The number of carbonyl (C=O) groups is 1. The smallest absolute Gasteiger partial charge is 0.340 e. The summed E-state index contributed by atoms with van der Waals surface area (Å²) in [5, 5.41) is 3.22. The summed E-state index contributed by atoms with van der Waals surface area (Å²) in [5.41, 5.74) is 9.27. The van der Waals surface area contributed by atoms with Crippen molar-refractivity contribution in [2.24, 2.45) is 0 Å². The lowest BCUT2D eigenvalue weighted by molar-refractivity contribution is 0.0602. The van der Waals surface area contributed by atoms with Crippen LogP contribution in [0.5, 0.6) is 0 Å². The van der Waals surface area contributed by atoms with E-state index in [0.717, 1.165) is 15.7 Å². The summed E-state index contributed by atoms with van der Waals surface area (Å²) in [5.74, 6) is -0.427. The third-order valence-corrected chi connectivity index (χ3v) is 3.96. The molecule has 2 aromatic carbocycles. The van der Waals surface area contributed by atoms with Gasteiger partial charge in [-0.05, 0) is 52.7 Å². The maximum atomic E-state index is 11.8. The Balaban J connectivity index is 2.43. The number of hydrogen-bond acceptors (Lipinski definition) is 4. The molecule has 0 spiro atoms. The van der Waals surface area contributed by atoms with Crippen molar-refractivity contribution in [2.45, 2.75) is 6.92 Å². The van der Waals surface area contributed by atoms with Crippen LogP contribution in [0.15, 0.2) is 40.9 Å². The number of benzene rings is 2. The summed E-state index contributed by atoms with van der Waals surface area (Å²) < 4.78 is 5.73. The monoisotopic (exact) mass is 334 g/mol. The van der Waals surface area contributed by atoms with Gasteiger partial charge in [-0.15, -0.1) is 0 Å². The lowest BCUT2D eigenvalue weighted by Gasteiger charge is -2.13. The van der Waals surface area contributed by atoms with Crippen LogP contribution in [0.2, 0.25) is 0 Å². The van der Waals surface area contributed by atoms with Crippen LogP contribution >= 0.6 is 15.9 Å². The van der Waals surface area contributed by atoms with E-state index in [-0.39, 0.29) is 0 Å². The highest BCUT2D eigenvalue weighted by Gasteiger charge is 2.13. The summed E-state index contributed by atoms with van der Waals surface area (Å²) in [6.45, 7) is 2.00. The number of methoxy groups -OCH3 is 1. The number of esters is 1. The Morgan fingerprint density at radius 3 is 2.70 bits per heavy atom. The van der Waals surface area contributed by atoms with Gasteiger partial charge in [-0.2, -0.15) is 0 Å². The predicted molar refractivity (Wildman–Crippen MR) is 84.4 cm³/mol. The average molecular weight is 335 g/mol. The molecule has 104 valence electrons. The summed E-state index contributed by atoms with van der Waals surface area (Å²) in [4.78, 5) is 11.8. The molecule has 2 aromatic rings. The van der Waals surface area contributed by atoms with Crippen LogP contribution in [0, 0.1) is 6.92 Å². The molecule has 0 aliphatic rings. The minimum atomic E-state index is -0.427. The SMILES string of the molecule is COC(=O)c1cc(N)ccc1Nc1cccc(C)c1Br. The fourth-order valence-corrected chi connectivity index (χ4v) is 2.20. The van der Waals surface area contributed by atoms with Crippen molar-refractivity contribution < 1.29 is 9.53 Å². The molecule has 0 heterocycles. The van der Waals surface area contributed by atoms with Gasteiger partial charge >= 0.3 is 5.97 Å². The Morgan fingerprint density at radius 1 is 1.25 bits per heavy atom. The van der Waals surface area contributed by atoms with Crippen molar-refractivity contribution in [3.8, 4) is 0 Å². The number of halogens is 1. The molecule has 5 heteroatoms. The van der Waals surface area contributed by atoms with Gasteiger partial charge in [0.05, 0.1) is 24.0 Å². The molecule has 0 fully saturated rings. The fraction of sp³-hybridized carbons (Fsp3) is 0.133. The van der Waals surface area contributed by atoms with Crippen LogP contribution < -0.4 is 11.1 Å². The number of nitrogens with one attached hydrogen (secondary N) is 1. The quantitative estimate of drug-likeness (QED) is 0.660. The molecule has 0 amide bonds. The minimum absolute atomic E-state index is 0.404. The Labute approximate surface area is 126 Å². The van der Waals surface area contributed by atoms with Crippen molar-refractivity contribution >= 4 is 39.0 Å². The molecule has 0 radical (unpaired) electrons. The molecule has 0 aromatic heterocycles. The van der Waals surface area contributed by atoms with Crippen molar-refractivity contribution in [2.75, 3.05) is 18.2 Å². The van der Waals surface area contributed by atoms with E-state index in [2.05, 4.69) is 21.2 Å². The molecule has 20 heavy (non-hydrogen) atoms. The number of ether oxygens (including phenoxy) is 1. The van der Waals surface area contributed by atoms with Gasteiger partial charge in [-0.3, -0.25) is 0 Å². The zero-order valence-electron chi connectivity index (χ0n) is 11.2. The normalized spacial score (nSPS) is 10.2. The van der Waals surface area contributed by atoms with Gasteiger partial charge in [0.25, 0.3) is 0 Å². The third kappa shape index (κ3) is 2.93. The molecule has 2 rings (SSSR count). The molecule has 0 saturated heterocycles. The lowest BCUT2D eigenvalue weighted by atomic mass is 10.1. The van der Waals surface area contributed by atoms with E-state index < -0.39 is 5.97 Å². The summed E-state index contributed by atoms with van der Waals surface area (Å²) >= 11 is 3.53. The number of carbonyl (C=O) groups excluding carboxylic acids is 1. The maximum Gasteiger partial charge on any atom is 0.340 e. The average Bonchev–Trinajstić information content (AvgIpc) is 2.44. The lowest BCUT2D eigenvalue weighted by Crippen LogP contribution is -2.07. The van der Waals surface area contributed by atoms with Crippen molar-refractivity contribution in [1.82, 2.24) is 0 Å². The molecule has 0 aliphatic carbocycles. The van der Waals surface area contributed by atoms with E-state index >= 15 is 0 Å². The second kappa shape index (κ2) is 5.96. The third-order valence-electron chi connectivity index (χ3n) is 2.91. The topological polar surface area (TPSA) is 64.3 Å². The van der Waals surface area contributed by atoms with E-state index in [4.69, 9.17) is 10.5 Å². The van der Waals surface area contributed by atoms with Crippen molar-refractivity contribution in [3.63, 3.8) is 0 Å². The first-order valence-electron chi connectivity index (χ1n) is 6.03. The number of nitrogens with two attached hydrogens (primary N) is 1. The van der Waals surface area contributed by atoms with E-state index in [0.29, 0.717) is 16.9 Å². The second-order valence-electron chi connectivity index (χ2n) is 4.36.